The van der Waals surface area contributed by atoms with Gasteiger partial charge in [-0.05, 0) is 26.2 Å². The summed E-state index contributed by atoms with van der Waals surface area (Å²) in [5, 5.41) is 0. The molecule has 76 valence electrons. The molecule has 1 saturated carbocycles. The van der Waals surface area contributed by atoms with Gasteiger partial charge in [0.2, 0.25) is 0 Å². The van der Waals surface area contributed by atoms with Crippen LogP contribution < -0.4 is 0 Å². The van der Waals surface area contributed by atoms with E-state index in [4.69, 9.17) is 4.74 Å². The van der Waals surface area contributed by atoms with Crippen molar-refractivity contribution >= 4 is 5.97 Å². The first-order chi connectivity index (χ1) is 6.71. The molecule has 0 aromatic rings. The quantitative estimate of drug-likeness (QED) is 0.642. The summed E-state index contributed by atoms with van der Waals surface area (Å²) in [4.78, 5) is 11.5. The lowest BCUT2D eigenvalue weighted by molar-refractivity contribution is -0.150. The molecule has 0 heterocycles. The van der Waals surface area contributed by atoms with Gasteiger partial charge in [0.15, 0.2) is 0 Å². The van der Waals surface area contributed by atoms with Crippen LogP contribution in [0.4, 0.5) is 0 Å². The largest absolute Gasteiger partial charge is 0.465 e. The van der Waals surface area contributed by atoms with Crippen molar-refractivity contribution in [3.8, 4) is 0 Å². The summed E-state index contributed by atoms with van der Waals surface area (Å²) in [6.45, 7) is 2.52. The monoisotopic (exact) mass is 192 g/mol. The Kier molecular flexibility index (Phi) is 2.44. The molecule has 0 spiro atoms. The summed E-state index contributed by atoms with van der Waals surface area (Å²) < 4.78 is 5.28. The SMILES string of the molecule is CC1(C(=O)OCC2C=CC=CC2)CC1. The summed E-state index contributed by atoms with van der Waals surface area (Å²) in [6.07, 6.45) is 11.2. The zero-order valence-electron chi connectivity index (χ0n) is 8.53. The maximum absolute atomic E-state index is 11.5. The molecule has 1 unspecified atom stereocenters. The average Bonchev–Trinajstić information content (AvgIpc) is 2.96. The molecular weight excluding hydrogens is 176 g/mol. The number of ether oxygens (including phenoxy) is 1. The minimum atomic E-state index is -0.145. The Hall–Kier alpha value is -1.05. The molecule has 2 rings (SSSR count). The van der Waals surface area contributed by atoms with Crippen molar-refractivity contribution in [2.45, 2.75) is 26.2 Å². The van der Waals surface area contributed by atoms with Crippen molar-refractivity contribution in [3.05, 3.63) is 24.3 Å². The fraction of sp³-hybridized carbons (Fsp3) is 0.583. The Labute approximate surface area is 84.6 Å². The van der Waals surface area contributed by atoms with Crippen LogP contribution in [0.5, 0.6) is 0 Å². The van der Waals surface area contributed by atoms with Crippen molar-refractivity contribution in [2.24, 2.45) is 11.3 Å². The third-order valence-corrected chi connectivity index (χ3v) is 2.99. The van der Waals surface area contributed by atoms with Crippen LogP contribution in [-0.4, -0.2) is 12.6 Å². The highest BCUT2D eigenvalue weighted by Gasteiger charge is 2.46. The van der Waals surface area contributed by atoms with Crippen molar-refractivity contribution < 1.29 is 9.53 Å². The standard InChI is InChI=1S/C12H16O2/c1-12(7-8-12)11(13)14-9-10-5-3-2-4-6-10/h2-5,10H,6-9H2,1H3. The smallest absolute Gasteiger partial charge is 0.311 e. The van der Waals surface area contributed by atoms with Crippen molar-refractivity contribution in [1.29, 1.82) is 0 Å². The number of rotatable bonds is 3. The van der Waals surface area contributed by atoms with Crippen LogP contribution in [0.25, 0.3) is 0 Å². The predicted molar refractivity (Wildman–Crippen MR) is 54.7 cm³/mol. The molecule has 2 nitrogen and oxygen atoms in total. The molecule has 14 heavy (non-hydrogen) atoms. The van der Waals surface area contributed by atoms with E-state index in [9.17, 15) is 4.79 Å². The van der Waals surface area contributed by atoms with E-state index in [0.29, 0.717) is 12.5 Å². The predicted octanol–water partition coefficient (Wildman–Crippen LogP) is 2.46. The molecule has 2 aliphatic carbocycles. The summed E-state index contributed by atoms with van der Waals surface area (Å²) in [5.74, 6) is 0.367. The van der Waals surface area contributed by atoms with E-state index < -0.39 is 0 Å². The topological polar surface area (TPSA) is 26.3 Å². The van der Waals surface area contributed by atoms with Gasteiger partial charge in [0.25, 0.3) is 0 Å². The molecule has 1 fully saturated rings. The highest BCUT2D eigenvalue weighted by Crippen LogP contribution is 2.46. The maximum Gasteiger partial charge on any atom is 0.311 e. The van der Waals surface area contributed by atoms with Gasteiger partial charge in [-0.15, -0.1) is 0 Å². The first kappa shape index (κ1) is 9.50. The van der Waals surface area contributed by atoms with Crippen molar-refractivity contribution in [3.63, 3.8) is 0 Å². The van der Waals surface area contributed by atoms with E-state index in [1.54, 1.807) is 0 Å². The van der Waals surface area contributed by atoms with Gasteiger partial charge in [-0.2, -0.15) is 0 Å². The summed E-state index contributed by atoms with van der Waals surface area (Å²) in [6, 6.07) is 0. The van der Waals surface area contributed by atoms with E-state index in [2.05, 4.69) is 12.2 Å². The summed E-state index contributed by atoms with van der Waals surface area (Å²) >= 11 is 0. The van der Waals surface area contributed by atoms with E-state index in [1.165, 1.54) is 0 Å². The third-order valence-electron chi connectivity index (χ3n) is 2.99. The number of carbonyl (C=O) groups is 1. The highest BCUT2D eigenvalue weighted by atomic mass is 16.5. The fourth-order valence-electron chi connectivity index (χ4n) is 1.50. The normalized spacial score (nSPS) is 27.4. The Morgan fingerprint density at radius 3 is 2.86 bits per heavy atom. The number of carbonyl (C=O) groups excluding carboxylic acids is 1. The molecule has 2 aliphatic rings. The van der Waals surface area contributed by atoms with Gasteiger partial charge in [0.1, 0.15) is 0 Å². The molecule has 0 bridgehead atoms. The van der Waals surface area contributed by atoms with Crippen LogP contribution in [0.2, 0.25) is 0 Å². The number of allylic oxidation sites excluding steroid dienone is 3. The van der Waals surface area contributed by atoms with Crippen LogP contribution >= 0.6 is 0 Å². The average molecular weight is 192 g/mol. The second kappa shape index (κ2) is 3.60. The lowest BCUT2D eigenvalue weighted by atomic mass is 10.0. The number of esters is 1. The second-order valence-electron chi connectivity index (χ2n) is 4.47. The number of hydrogen-bond donors (Lipinski definition) is 0. The molecule has 0 aliphatic heterocycles. The molecule has 2 heteroatoms. The van der Waals surface area contributed by atoms with Gasteiger partial charge in [-0.1, -0.05) is 24.3 Å². The van der Waals surface area contributed by atoms with Crippen LogP contribution in [0.1, 0.15) is 26.2 Å². The molecule has 0 saturated heterocycles. The zero-order chi connectivity index (χ0) is 10.0. The summed E-state index contributed by atoms with van der Waals surface area (Å²) in [5.41, 5.74) is -0.145. The van der Waals surface area contributed by atoms with Gasteiger partial charge in [0, 0.05) is 5.92 Å². The first-order valence-corrected chi connectivity index (χ1v) is 5.21. The van der Waals surface area contributed by atoms with Gasteiger partial charge >= 0.3 is 5.97 Å². The lowest BCUT2D eigenvalue weighted by Crippen LogP contribution is -2.19. The van der Waals surface area contributed by atoms with Crippen molar-refractivity contribution in [2.75, 3.05) is 6.61 Å². The fourth-order valence-corrected chi connectivity index (χ4v) is 1.50. The van der Waals surface area contributed by atoms with Crippen LogP contribution in [0, 0.1) is 11.3 Å². The lowest BCUT2D eigenvalue weighted by Gasteiger charge is -2.15. The molecule has 0 aromatic carbocycles. The van der Waals surface area contributed by atoms with Gasteiger partial charge in [-0.25, -0.2) is 0 Å². The van der Waals surface area contributed by atoms with Gasteiger partial charge < -0.3 is 4.74 Å². The minimum absolute atomic E-state index is 0.0135. The van der Waals surface area contributed by atoms with E-state index in [1.807, 2.05) is 19.1 Å². The Bertz CT molecular complexity index is 285. The third kappa shape index (κ3) is 2.06. The minimum Gasteiger partial charge on any atom is -0.465 e. The van der Waals surface area contributed by atoms with Crippen molar-refractivity contribution in [1.82, 2.24) is 0 Å². The van der Waals surface area contributed by atoms with Crippen LogP contribution in [0.15, 0.2) is 24.3 Å². The Balaban J connectivity index is 1.74. The van der Waals surface area contributed by atoms with Crippen LogP contribution in [-0.2, 0) is 9.53 Å². The van der Waals surface area contributed by atoms with E-state index >= 15 is 0 Å². The molecular formula is C12H16O2. The first-order valence-electron chi connectivity index (χ1n) is 5.21. The molecule has 0 radical (unpaired) electrons. The van der Waals surface area contributed by atoms with Gasteiger partial charge in [-0.3, -0.25) is 4.79 Å². The summed E-state index contributed by atoms with van der Waals surface area (Å²) in [7, 11) is 0. The molecule has 0 amide bonds. The number of hydrogen-bond acceptors (Lipinski definition) is 2. The molecule has 1 atom stereocenters. The highest BCUT2D eigenvalue weighted by molar-refractivity contribution is 5.79. The maximum atomic E-state index is 11.5. The molecule has 0 aromatic heterocycles. The Morgan fingerprint density at radius 1 is 1.50 bits per heavy atom. The zero-order valence-corrected chi connectivity index (χ0v) is 8.53. The van der Waals surface area contributed by atoms with Crippen LogP contribution in [0.3, 0.4) is 0 Å². The second-order valence-corrected chi connectivity index (χ2v) is 4.47. The molecule has 0 N–H and O–H groups in total. The van der Waals surface area contributed by atoms with E-state index in [0.717, 1.165) is 19.3 Å². The van der Waals surface area contributed by atoms with Gasteiger partial charge in [0.05, 0.1) is 12.0 Å². The Morgan fingerprint density at radius 2 is 2.29 bits per heavy atom. The van der Waals surface area contributed by atoms with E-state index in [-0.39, 0.29) is 11.4 Å².